The van der Waals surface area contributed by atoms with Crippen molar-refractivity contribution in [3.05, 3.63) is 59.7 Å². The van der Waals surface area contributed by atoms with Crippen molar-refractivity contribution in [2.45, 2.75) is 16.9 Å². The molecule has 0 saturated heterocycles. The average Bonchev–Trinajstić information content (AvgIpc) is 2.61. The highest BCUT2D eigenvalue weighted by Gasteiger charge is 2.34. The van der Waals surface area contributed by atoms with Crippen molar-refractivity contribution in [2.24, 2.45) is 0 Å². The molecule has 0 aliphatic carbocycles. The molecule has 3 N–H and O–H groups in total. The quantitative estimate of drug-likeness (QED) is 0.361. The van der Waals surface area contributed by atoms with Crippen molar-refractivity contribution in [2.75, 3.05) is 12.4 Å². The maximum Gasteiger partial charge on any atom is 0.252 e. The zero-order chi connectivity index (χ0) is 20.0. The van der Waals surface area contributed by atoms with Gasteiger partial charge in [0.1, 0.15) is 11.9 Å². The van der Waals surface area contributed by atoms with Gasteiger partial charge in [-0.1, -0.05) is 52.5 Å². The first-order chi connectivity index (χ1) is 12.7. The minimum atomic E-state index is -1.83. The normalized spacial score (nSPS) is 12.0. The molecule has 0 unspecified atom stereocenters. The van der Waals surface area contributed by atoms with Crippen molar-refractivity contribution < 1.29 is 9.53 Å². The van der Waals surface area contributed by atoms with Crippen LogP contribution in [0, 0.1) is 6.92 Å². The third kappa shape index (κ3) is 6.74. The minimum absolute atomic E-state index is 0.182. The third-order valence-corrected chi connectivity index (χ3v) is 4.38. The summed E-state index contributed by atoms with van der Waals surface area (Å²) in [6.07, 6.45) is -1.05. The highest BCUT2D eigenvalue weighted by Crippen LogP contribution is 2.29. The molecule has 0 saturated carbocycles. The van der Waals surface area contributed by atoms with E-state index < -0.39 is 15.9 Å². The van der Waals surface area contributed by atoms with Gasteiger partial charge in [-0.05, 0) is 55.5 Å². The summed E-state index contributed by atoms with van der Waals surface area (Å²) in [5.41, 5.74) is 2.10. The number of amides is 1. The van der Waals surface area contributed by atoms with Crippen LogP contribution in [0.5, 0.6) is 5.75 Å². The fraction of sp³-hybridized carbons (Fsp3) is 0.222. The summed E-state index contributed by atoms with van der Waals surface area (Å²) in [4.78, 5) is 12.5. The Hall–Kier alpha value is -1.73. The van der Waals surface area contributed by atoms with Gasteiger partial charge in [-0.25, -0.2) is 0 Å². The Bertz CT molecular complexity index is 810. The number of rotatable bonds is 5. The number of carbonyl (C=O) groups is 1. The lowest BCUT2D eigenvalue weighted by Crippen LogP contribution is -2.56. The number of hydrogen-bond donors (Lipinski definition) is 3. The maximum atomic E-state index is 12.5. The number of methoxy groups -OCH3 is 1. The van der Waals surface area contributed by atoms with Crippen LogP contribution in [0.1, 0.15) is 15.9 Å². The van der Waals surface area contributed by atoms with Crippen LogP contribution in [-0.2, 0) is 0 Å². The number of anilines is 1. The summed E-state index contributed by atoms with van der Waals surface area (Å²) in [7, 11) is 1.58. The topological polar surface area (TPSA) is 62.4 Å². The molecule has 0 radical (unpaired) electrons. The lowest BCUT2D eigenvalue weighted by Gasteiger charge is -2.27. The summed E-state index contributed by atoms with van der Waals surface area (Å²) in [5.74, 6) is 0.318. The molecule has 1 atom stereocenters. The summed E-state index contributed by atoms with van der Waals surface area (Å²) < 4.78 is 3.27. The number of halogens is 3. The molecule has 0 aliphatic rings. The Morgan fingerprint density at radius 3 is 2.33 bits per heavy atom. The average molecular weight is 447 g/mol. The number of ether oxygens (including phenoxy) is 1. The second-order valence-corrected chi connectivity index (χ2v) is 8.42. The van der Waals surface area contributed by atoms with Gasteiger partial charge < -0.3 is 20.7 Å². The molecule has 1 amide bonds. The highest BCUT2D eigenvalue weighted by atomic mass is 35.6. The van der Waals surface area contributed by atoms with E-state index in [1.165, 1.54) is 0 Å². The molecule has 0 aliphatic heterocycles. The van der Waals surface area contributed by atoms with Crippen LogP contribution in [0.25, 0.3) is 0 Å². The van der Waals surface area contributed by atoms with E-state index in [-0.39, 0.29) is 5.11 Å². The van der Waals surface area contributed by atoms with Gasteiger partial charge in [0.2, 0.25) is 3.79 Å². The van der Waals surface area contributed by atoms with Crippen molar-refractivity contribution in [3.63, 3.8) is 0 Å². The van der Waals surface area contributed by atoms with E-state index in [1.807, 2.05) is 13.0 Å². The van der Waals surface area contributed by atoms with Crippen molar-refractivity contribution >= 4 is 63.7 Å². The zero-order valence-corrected chi connectivity index (χ0v) is 17.6. The fourth-order valence-electron chi connectivity index (χ4n) is 2.17. The summed E-state index contributed by atoms with van der Waals surface area (Å²) in [6.45, 7) is 1.88. The first kappa shape index (κ1) is 21.6. The lowest BCUT2D eigenvalue weighted by molar-refractivity contribution is 0.0934. The van der Waals surface area contributed by atoms with Crippen LogP contribution < -0.4 is 20.7 Å². The van der Waals surface area contributed by atoms with Crippen LogP contribution in [0.2, 0.25) is 0 Å². The van der Waals surface area contributed by atoms with E-state index in [4.69, 9.17) is 51.8 Å². The van der Waals surface area contributed by atoms with Crippen LogP contribution in [-0.4, -0.2) is 28.1 Å². The second-order valence-electron chi connectivity index (χ2n) is 5.64. The second kappa shape index (κ2) is 9.46. The van der Waals surface area contributed by atoms with E-state index >= 15 is 0 Å². The van der Waals surface area contributed by atoms with E-state index in [2.05, 4.69) is 16.0 Å². The van der Waals surface area contributed by atoms with Gasteiger partial charge in [0.05, 0.1) is 7.11 Å². The number of nitrogens with one attached hydrogen (secondary N) is 3. The van der Waals surface area contributed by atoms with Gasteiger partial charge in [-0.3, -0.25) is 4.79 Å². The van der Waals surface area contributed by atoms with Gasteiger partial charge in [-0.15, -0.1) is 0 Å². The molecule has 2 rings (SSSR count). The standard InChI is InChI=1S/C18H18Cl3N3O2S/c1-11-4-3-5-12(10-11)15(25)23-16(18(19,20)21)24-17(27)22-13-6-8-14(26-2)9-7-13/h3-10,16H,1-2H3,(H,23,25)(H2,22,24,27)/t16-/m0/s1. The SMILES string of the molecule is COc1ccc(NC(=S)N[C@H](NC(=O)c2cccc(C)c2)C(Cl)(Cl)Cl)cc1. The minimum Gasteiger partial charge on any atom is -0.497 e. The van der Waals surface area contributed by atoms with Crippen LogP contribution >= 0.6 is 47.0 Å². The van der Waals surface area contributed by atoms with Crippen molar-refractivity contribution in [1.29, 1.82) is 0 Å². The van der Waals surface area contributed by atoms with E-state index in [1.54, 1.807) is 49.6 Å². The molecular formula is C18H18Cl3N3O2S. The molecule has 0 aromatic heterocycles. The molecule has 0 bridgehead atoms. The Balaban J connectivity index is 2.05. The smallest absolute Gasteiger partial charge is 0.252 e. The predicted octanol–water partition coefficient (Wildman–Crippen LogP) is 4.42. The molecule has 9 heteroatoms. The Labute approximate surface area is 178 Å². The first-order valence-electron chi connectivity index (χ1n) is 7.85. The van der Waals surface area contributed by atoms with Gasteiger partial charge in [0.25, 0.3) is 5.91 Å². The Morgan fingerprint density at radius 1 is 1.11 bits per heavy atom. The van der Waals surface area contributed by atoms with Crippen LogP contribution in [0.4, 0.5) is 5.69 Å². The number of alkyl halides is 3. The molecule has 0 fully saturated rings. The van der Waals surface area contributed by atoms with E-state index in [9.17, 15) is 4.79 Å². The zero-order valence-electron chi connectivity index (χ0n) is 14.6. The number of aryl methyl sites for hydroxylation is 1. The predicted molar refractivity (Wildman–Crippen MR) is 115 cm³/mol. The molecule has 144 valence electrons. The molecule has 27 heavy (non-hydrogen) atoms. The van der Waals surface area contributed by atoms with Gasteiger partial charge in [0, 0.05) is 11.3 Å². The van der Waals surface area contributed by atoms with Gasteiger partial charge in [0.15, 0.2) is 5.11 Å². The Morgan fingerprint density at radius 2 is 1.78 bits per heavy atom. The highest BCUT2D eigenvalue weighted by molar-refractivity contribution is 7.80. The van der Waals surface area contributed by atoms with Gasteiger partial charge >= 0.3 is 0 Å². The van der Waals surface area contributed by atoms with Crippen LogP contribution in [0.15, 0.2) is 48.5 Å². The number of benzene rings is 2. The molecule has 5 nitrogen and oxygen atoms in total. The maximum absolute atomic E-state index is 12.5. The third-order valence-electron chi connectivity index (χ3n) is 3.51. The Kier molecular flexibility index (Phi) is 7.56. The first-order valence-corrected chi connectivity index (χ1v) is 9.39. The van der Waals surface area contributed by atoms with Gasteiger partial charge in [-0.2, -0.15) is 0 Å². The molecular weight excluding hydrogens is 429 g/mol. The van der Waals surface area contributed by atoms with E-state index in [0.717, 1.165) is 5.56 Å². The largest absolute Gasteiger partial charge is 0.497 e. The number of carbonyl (C=O) groups excluding carboxylic acids is 1. The monoisotopic (exact) mass is 445 g/mol. The molecule has 0 heterocycles. The summed E-state index contributed by atoms with van der Waals surface area (Å²) in [6, 6.07) is 14.2. The van der Waals surface area contributed by atoms with Crippen molar-refractivity contribution in [1.82, 2.24) is 10.6 Å². The molecule has 2 aromatic rings. The lowest BCUT2D eigenvalue weighted by atomic mass is 10.1. The van der Waals surface area contributed by atoms with Crippen molar-refractivity contribution in [3.8, 4) is 5.75 Å². The fourth-order valence-corrected chi connectivity index (χ4v) is 2.74. The van der Waals surface area contributed by atoms with E-state index in [0.29, 0.717) is 17.0 Å². The number of thiocarbonyl (C=S) groups is 1. The molecule has 2 aromatic carbocycles. The number of hydrogen-bond acceptors (Lipinski definition) is 3. The summed E-state index contributed by atoms with van der Waals surface area (Å²) in [5, 5.41) is 8.59. The summed E-state index contributed by atoms with van der Waals surface area (Å²) >= 11 is 23.2. The van der Waals surface area contributed by atoms with Crippen LogP contribution in [0.3, 0.4) is 0 Å². The molecule has 0 spiro atoms.